The smallest absolute Gasteiger partial charge is 0.410 e. The van der Waals surface area contributed by atoms with Gasteiger partial charge in [-0.15, -0.1) is 11.3 Å². The number of likely N-dealkylation sites (N-methyl/N-ethyl adjacent to an activating group) is 1. The van der Waals surface area contributed by atoms with Crippen LogP contribution in [0.25, 0.3) is 0 Å². The summed E-state index contributed by atoms with van der Waals surface area (Å²) in [5, 5.41) is 2.74. The van der Waals surface area contributed by atoms with E-state index in [0.29, 0.717) is 6.54 Å². The Labute approximate surface area is 73.8 Å². The van der Waals surface area contributed by atoms with E-state index in [0.717, 1.165) is 5.01 Å². The predicted octanol–water partition coefficient (Wildman–Crippen LogP) is 1.27. The van der Waals surface area contributed by atoms with E-state index in [1.54, 1.807) is 18.1 Å². The zero-order valence-electron chi connectivity index (χ0n) is 6.56. The van der Waals surface area contributed by atoms with Crippen LogP contribution in [0.3, 0.4) is 0 Å². The minimum atomic E-state index is -0.268. The Morgan fingerprint density at radius 1 is 1.83 bits per heavy atom. The first-order valence-electron chi connectivity index (χ1n) is 3.58. The molecule has 0 aromatic carbocycles. The van der Waals surface area contributed by atoms with Crippen LogP contribution in [-0.2, 0) is 4.74 Å². The molecule has 1 unspecified atom stereocenters. The summed E-state index contributed by atoms with van der Waals surface area (Å²) in [6, 6.07) is 0. The van der Waals surface area contributed by atoms with Crippen LogP contribution in [0.2, 0.25) is 0 Å². The second-order valence-corrected chi connectivity index (χ2v) is 3.55. The van der Waals surface area contributed by atoms with Crippen molar-refractivity contribution in [2.75, 3.05) is 13.6 Å². The van der Waals surface area contributed by atoms with Crippen LogP contribution < -0.4 is 0 Å². The average Bonchev–Trinajstić information content (AvgIpc) is 2.61. The maximum Gasteiger partial charge on any atom is 0.410 e. The Hall–Kier alpha value is -1.10. The Morgan fingerprint density at radius 2 is 2.67 bits per heavy atom. The van der Waals surface area contributed by atoms with Gasteiger partial charge in [0.1, 0.15) is 5.01 Å². The Bertz CT molecular complexity index is 286. The van der Waals surface area contributed by atoms with Crippen LogP contribution in [0.1, 0.15) is 11.1 Å². The lowest BCUT2D eigenvalue weighted by Gasteiger charge is -2.01. The minimum Gasteiger partial charge on any atom is -0.437 e. The molecule has 0 bridgehead atoms. The minimum absolute atomic E-state index is 0.164. The first-order chi connectivity index (χ1) is 5.77. The van der Waals surface area contributed by atoms with Gasteiger partial charge in [0.15, 0.2) is 6.10 Å². The van der Waals surface area contributed by atoms with Gasteiger partial charge in [0.2, 0.25) is 0 Å². The molecule has 0 spiro atoms. The number of hydrogen-bond donors (Lipinski definition) is 0. The van der Waals surface area contributed by atoms with Gasteiger partial charge in [0.05, 0.1) is 6.54 Å². The number of aromatic nitrogens is 1. The lowest BCUT2D eigenvalue weighted by Crippen LogP contribution is -2.17. The number of amides is 1. The van der Waals surface area contributed by atoms with Crippen LogP contribution in [0.15, 0.2) is 11.6 Å². The molecule has 1 atom stereocenters. The van der Waals surface area contributed by atoms with Gasteiger partial charge in [-0.3, -0.25) is 0 Å². The molecule has 0 radical (unpaired) electrons. The molecule has 5 heteroatoms. The van der Waals surface area contributed by atoms with Gasteiger partial charge >= 0.3 is 6.09 Å². The molecule has 2 heterocycles. The van der Waals surface area contributed by atoms with E-state index in [1.807, 2.05) is 5.38 Å². The van der Waals surface area contributed by atoms with Gasteiger partial charge in [-0.05, 0) is 0 Å². The molecule has 2 rings (SSSR count). The van der Waals surface area contributed by atoms with Crippen LogP contribution in [0, 0.1) is 0 Å². The van der Waals surface area contributed by atoms with E-state index in [1.165, 1.54) is 11.3 Å². The Balaban J connectivity index is 2.14. The monoisotopic (exact) mass is 184 g/mol. The third kappa shape index (κ3) is 1.16. The van der Waals surface area contributed by atoms with Gasteiger partial charge in [-0.2, -0.15) is 0 Å². The fourth-order valence-electron chi connectivity index (χ4n) is 1.09. The predicted molar refractivity (Wildman–Crippen MR) is 44.0 cm³/mol. The largest absolute Gasteiger partial charge is 0.437 e. The molecule has 1 aromatic heterocycles. The highest BCUT2D eigenvalue weighted by Gasteiger charge is 2.30. The molecule has 0 saturated carbocycles. The Morgan fingerprint density at radius 3 is 3.17 bits per heavy atom. The lowest BCUT2D eigenvalue weighted by molar-refractivity contribution is 0.134. The summed E-state index contributed by atoms with van der Waals surface area (Å²) in [6.45, 7) is 0.604. The molecule has 12 heavy (non-hydrogen) atoms. The van der Waals surface area contributed by atoms with Gasteiger partial charge in [-0.1, -0.05) is 0 Å². The fraction of sp³-hybridized carbons (Fsp3) is 0.429. The summed E-state index contributed by atoms with van der Waals surface area (Å²) < 4.78 is 5.05. The number of thiazole rings is 1. The zero-order chi connectivity index (χ0) is 8.55. The van der Waals surface area contributed by atoms with Crippen LogP contribution in [-0.4, -0.2) is 29.6 Å². The van der Waals surface area contributed by atoms with E-state index in [-0.39, 0.29) is 12.2 Å². The van der Waals surface area contributed by atoms with Crippen LogP contribution in [0.5, 0.6) is 0 Å². The van der Waals surface area contributed by atoms with Crippen molar-refractivity contribution in [2.45, 2.75) is 6.10 Å². The zero-order valence-corrected chi connectivity index (χ0v) is 7.37. The molecule has 1 aliphatic rings. The first-order valence-corrected chi connectivity index (χ1v) is 4.46. The molecule has 1 aliphatic heterocycles. The highest BCUT2D eigenvalue weighted by molar-refractivity contribution is 7.09. The van der Waals surface area contributed by atoms with E-state index < -0.39 is 0 Å². The van der Waals surface area contributed by atoms with Crippen molar-refractivity contribution in [1.29, 1.82) is 0 Å². The average molecular weight is 184 g/mol. The molecule has 0 aliphatic carbocycles. The highest BCUT2D eigenvalue weighted by Crippen LogP contribution is 2.25. The third-order valence-corrected chi connectivity index (χ3v) is 2.59. The number of carbonyl (C=O) groups is 1. The van der Waals surface area contributed by atoms with E-state index >= 15 is 0 Å². The first kappa shape index (κ1) is 7.54. The highest BCUT2D eigenvalue weighted by atomic mass is 32.1. The summed E-state index contributed by atoms with van der Waals surface area (Å²) in [5.74, 6) is 0. The molecular weight excluding hydrogens is 176 g/mol. The SMILES string of the molecule is CN1CC(c2nccs2)OC1=O. The molecule has 0 N–H and O–H groups in total. The summed E-state index contributed by atoms with van der Waals surface area (Å²) in [6.07, 6.45) is 1.28. The van der Waals surface area contributed by atoms with Crippen molar-refractivity contribution in [3.8, 4) is 0 Å². The second-order valence-electron chi connectivity index (χ2n) is 2.62. The number of cyclic esters (lactones) is 1. The van der Waals surface area contributed by atoms with Gasteiger partial charge in [-0.25, -0.2) is 9.78 Å². The summed E-state index contributed by atoms with van der Waals surface area (Å²) in [4.78, 5) is 16.6. The van der Waals surface area contributed by atoms with E-state index in [9.17, 15) is 4.79 Å². The van der Waals surface area contributed by atoms with Gasteiger partial charge in [0.25, 0.3) is 0 Å². The number of nitrogens with zero attached hydrogens (tertiary/aromatic N) is 2. The molecule has 64 valence electrons. The summed E-state index contributed by atoms with van der Waals surface area (Å²) >= 11 is 1.51. The molecule has 1 saturated heterocycles. The number of hydrogen-bond acceptors (Lipinski definition) is 4. The van der Waals surface area contributed by atoms with Crippen molar-refractivity contribution in [1.82, 2.24) is 9.88 Å². The maximum absolute atomic E-state index is 11.0. The fourth-order valence-corrected chi connectivity index (χ4v) is 1.75. The number of ether oxygens (including phenoxy) is 1. The van der Waals surface area contributed by atoms with E-state index in [4.69, 9.17) is 4.74 Å². The van der Waals surface area contributed by atoms with Crippen LogP contribution in [0.4, 0.5) is 4.79 Å². The molecular formula is C7H8N2O2S. The molecule has 1 aromatic rings. The quantitative estimate of drug-likeness (QED) is 0.660. The summed E-state index contributed by atoms with van der Waals surface area (Å²) in [5.41, 5.74) is 0. The third-order valence-electron chi connectivity index (χ3n) is 1.72. The van der Waals surface area contributed by atoms with Gasteiger partial charge in [0, 0.05) is 18.6 Å². The molecule has 1 fully saturated rings. The second kappa shape index (κ2) is 2.75. The summed E-state index contributed by atoms with van der Waals surface area (Å²) in [7, 11) is 1.72. The Kier molecular flexibility index (Phi) is 1.73. The van der Waals surface area contributed by atoms with Crippen molar-refractivity contribution in [3.05, 3.63) is 16.6 Å². The maximum atomic E-state index is 11.0. The lowest BCUT2D eigenvalue weighted by atomic mass is 10.4. The number of carbonyl (C=O) groups excluding carboxylic acids is 1. The van der Waals surface area contributed by atoms with Gasteiger partial charge < -0.3 is 9.64 Å². The number of rotatable bonds is 1. The van der Waals surface area contributed by atoms with Crippen molar-refractivity contribution >= 4 is 17.4 Å². The standard InChI is InChI=1S/C7H8N2O2S/c1-9-4-5(11-7(9)10)6-8-2-3-12-6/h2-3,5H,4H2,1H3. The molecule has 1 amide bonds. The van der Waals surface area contributed by atoms with E-state index in [2.05, 4.69) is 4.98 Å². The van der Waals surface area contributed by atoms with Crippen molar-refractivity contribution < 1.29 is 9.53 Å². The topological polar surface area (TPSA) is 42.4 Å². The normalized spacial score (nSPS) is 22.9. The van der Waals surface area contributed by atoms with Crippen molar-refractivity contribution in [3.63, 3.8) is 0 Å². The van der Waals surface area contributed by atoms with Crippen molar-refractivity contribution in [2.24, 2.45) is 0 Å². The molecule has 4 nitrogen and oxygen atoms in total. The van der Waals surface area contributed by atoms with Crippen LogP contribution >= 0.6 is 11.3 Å².